The smallest absolute Gasteiger partial charge is 0.0353 e. The van der Waals surface area contributed by atoms with Gasteiger partial charge in [0.1, 0.15) is 0 Å². The first-order valence-electron chi connectivity index (χ1n) is 6.01. The highest BCUT2D eigenvalue weighted by Gasteiger charge is 2.06. The predicted octanol–water partition coefficient (Wildman–Crippen LogP) is 4.50. The van der Waals surface area contributed by atoms with Crippen LogP contribution in [0.1, 0.15) is 24.3 Å². The molecule has 0 unspecified atom stereocenters. The zero-order valence-corrected chi connectivity index (χ0v) is 11.5. The molecule has 0 saturated heterocycles. The first kappa shape index (κ1) is 12.2. The number of hydrogen-bond donors (Lipinski definition) is 1. The Balaban J connectivity index is 2.30. The summed E-state index contributed by atoms with van der Waals surface area (Å²) in [4.78, 5) is 2.63. The van der Waals surface area contributed by atoms with E-state index >= 15 is 0 Å². The highest BCUT2D eigenvalue weighted by Crippen LogP contribution is 2.30. The first-order valence-corrected chi connectivity index (χ1v) is 6.83. The molecule has 90 valence electrons. The fourth-order valence-corrected chi connectivity index (χ4v) is 2.83. The average molecular weight is 245 g/mol. The van der Waals surface area contributed by atoms with Gasteiger partial charge in [-0.15, -0.1) is 11.3 Å². The minimum Gasteiger partial charge on any atom is -0.398 e. The van der Waals surface area contributed by atoms with Crippen molar-refractivity contribution in [2.24, 2.45) is 5.92 Å². The third-order valence-electron chi connectivity index (χ3n) is 2.80. The van der Waals surface area contributed by atoms with Crippen molar-refractivity contribution in [2.45, 2.75) is 27.2 Å². The number of benzene rings is 1. The second-order valence-electron chi connectivity index (χ2n) is 4.92. The van der Waals surface area contributed by atoms with Gasteiger partial charge in [-0.05, 0) is 48.6 Å². The van der Waals surface area contributed by atoms with E-state index < -0.39 is 0 Å². The molecular weight excluding hydrogens is 226 g/mol. The second-order valence-corrected chi connectivity index (χ2v) is 6.21. The molecule has 2 N–H and O–H groups in total. The van der Waals surface area contributed by atoms with Gasteiger partial charge >= 0.3 is 0 Å². The predicted molar refractivity (Wildman–Crippen MR) is 77.4 cm³/mol. The second kappa shape index (κ2) is 4.92. The van der Waals surface area contributed by atoms with E-state index in [1.54, 1.807) is 0 Å². The molecule has 2 heteroatoms. The van der Waals surface area contributed by atoms with E-state index in [1.165, 1.54) is 20.9 Å². The molecule has 2 aromatic rings. The van der Waals surface area contributed by atoms with Gasteiger partial charge in [0.2, 0.25) is 0 Å². The summed E-state index contributed by atoms with van der Waals surface area (Å²) in [5, 5.41) is 0. The third kappa shape index (κ3) is 2.89. The van der Waals surface area contributed by atoms with Crippen LogP contribution in [0, 0.1) is 12.8 Å². The molecule has 1 nitrogen and oxygen atoms in total. The van der Waals surface area contributed by atoms with Crippen LogP contribution in [0.5, 0.6) is 0 Å². The van der Waals surface area contributed by atoms with Gasteiger partial charge in [-0.2, -0.15) is 0 Å². The standard InChI is InChI=1S/C15H19NS/c1-10(2)8-12-5-6-13(9-14(12)16)15-7-4-11(3)17-15/h4-7,9-10H,8,16H2,1-3H3. The summed E-state index contributed by atoms with van der Waals surface area (Å²) in [7, 11) is 0. The molecule has 2 rings (SSSR count). The van der Waals surface area contributed by atoms with E-state index in [0.717, 1.165) is 12.1 Å². The van der Waals surface area contributed by atoms with Gasteiger partial charge in [-0.1, -0.05) is 26.0 Å². The Morgan fingerprint density at radius 2 is 1.94 bits per heavy atom. The zero-order valence-electron chi connectivity index (χ0n) is 10.7. The lowest BCUT2D eigenvalue weighted by molar-refractivity contribution is 0.648. The van der Waals surface area contributed by atoms with E-state index in [9.17, 15) is 0 Å². The van der Waals surface area contributed by atoms with Gasteiger partial charge in [0.05, 0.1) is 0 Å². The number of rotatable bonds is 3. The Labute approximate surface area is 107 Å². The fraction of sp³-hybridized carbons (Fsp3) is 0.333. The van der Waals surface area contributed by atoms with Gasteiger partial charge in [-0.25, -0.2) is 0 Å². The topological polar surface area (TPSA) is 26.0 Å². The number of anilines is 1. The molecule has 0 fully saturated rings. The number of nitrogen functional groups attached to an aromatic ring is 1. The van der Waals surface area contributed by atoms with Gasteiger partial charge in [-0.3, -0.25) is 0 Å². The highest BCUT2D eigenvalue weighted by molar-refractivity contribution is 7.15. The molecular formula is C15H19NS. The number of thiophene rings is 1. The van der Waals surface area contributed by atoms with Crippen molar-refractivity contribution in [2.75, 3.05) is 5.73 Å². The minimum absolute atomic E-state index is 0.645. The molecule has 1 aromatic carbocycles. The molecule has 0 aliphatic rings. The molecule has 0 amide bonds. The van der Waals surface area contributed by atoms with Crippen molar-refractivity contribution in [3.63, 3.8) is 0 Å². The van der Waals surface area contributed by atoms with Crippen molar-refractivity contribution in [3.05, 3.63) is 40.8 Å². The summed E-state index contributed by atoms with van der Waals surface area (Å²) in [6, 6.07) is 10.8. The van der Waals surface area contributed by atoms with E-state index in [2.05, 4.69) is 51.1 Å². The Kier molecular flexibility index (Phi) is 3.53. The summed E-state index contributed by atoms with van der Waals surface area (Å²) in [6.07, 6.45) is 1.05. The van der Waals surface area contributed by atoms with Crippen LogP contribution in [0.25, 0.3) is 10.4 Å². The number of aryl methyl sites for hydroxylation is 1. The van der Waals surface area contributed by atoms with Crippen LogP contribution < -0.4 is 5.73 Å². The fourth-order valence-electron chi connectivity index (χ4n) is 1.96. The van der Waals surface area contributed by atoms with E-state index in [-0.39, 0.29) is 0 Å². The molecule has 0 atom stereocenters. The van der Waals surface area contributed by atoms with E-state index in [1.807, 2.05) is 11.3 Å². The monoisotopic (exact) mass is 245 g/mol. The van der Waals surface area contributed by atoms with E-state index in [0.29, 0.717) is 5.92 Å². The van der Waals surface area contributed by atoms with E-state index in [4.69, 9.17) is 5.73 Å². The maximum Gasteiger partial charge on any atom is 0.0353 e. The van der Waals surface area contributed by atoms with Crippen molar-refractivity contribution in [3.8, 4) is 10.4 Å². The maximum atomic E-state index is 6.12. The summed E-state index contributed by atoms with van der Waals surface area (Å²) in [5.41, 5.74) is 9.53. The first-order chi connectivity index (χ1) is 8.06. The Bertz CT molecular complexity index is 511. The molecule has 0 saturated carbocycles. The van der Waals surface area contributed by atoms with Crippen molar-refractivity contribution < 1.29 is 0 Å². The normalized spacial score (nSPS) is 11.1. The summed E-state index contributed by atoms with van der Waals surface area (Å²) in [6.45, 7) is 6.57. The summed E-state index contributed by atoms with van der Waals surface area (Å²) < 4.78 is 0. The Morgan fingerprint density at radius 3 is 2.47 bits per heavy atom. The molecule has 0 radical (unpaired) electrons. The minimum atomic E-state index is 0.645. The Morgan fingerprint density at radius 1 is 1.18 bits per heavy atom. The molecule has 1 aromatic heterocycles. The molecule has 0 aliphatic carbocycles. The van der Waals surface area contributed by atoms with Crippen LogP contribution in [0.4, 0.5) is 5.69 Å². The van der Waals surface area contributed by atoms with Crippen molar-refractivity contribution >= 4 is 17.0 Å². The van der Waals surface area contributed by atoms with Gasteiger partial charge < -0.3 is 5.73 Å². The van der Waals surface area contributed by atoms with Gasteiger partial charge in [0.15, 0.2) is 0 Å². The van der Waals surface area contributed by atoms with Crippen LogP contribution in [-0.2, 0) is 6.42 Å². The zero-order chi connectivity index (χ0) is 12.4. The molecule has 0 aliphatic heterocycles. The van der Waals surface area contributed by atoms with Crippen LogP contribution in [-0.4, -0.2) is 0 Å². The van der Waals surface area contributed by atoms with Crippen LogP contribution >= 0.6 is 11.3 Å². The SMILES string of the molecule is Cc1ccc(-c2ccc(CC(C)C)c(N)c2)s1. The van der Waals surface area contributed by atoms with Gasteiger partial charge in [0.25, 0.3) is 0 Å². The van der Waals surface area contributed by atoms with Gasteiger partial charge in [0, 0.05) is 15.4 Å². The summed E-state index contributed by atoms with van der Waals surface area (Å²) >= 11 is 1.81. The molecule has 0 spiro atoms. The van der Waals surface area contributed by atoms with Crippen LogP contribution in [0.3, 0.4) is 0 Å². The quantitative estimate of drug-likeness (QED) is 0.791. The van der Waals surface area contributed by atoms with Crippen molar-refractivity contribution in [1.82, 2.24) is 0 Å². The highest BCUT2D eigenvalue weighted by atomic mass is 32.1. The summed E-state index contributed by atoms with van der Waals surface area (Å²) in [5.74, 6) is 0.645. The molecule has 0 bridgehead atoms. The van der Waals surface area contributed by atoms with Crippen LogP contribution in [0.2, 0.25) is 0 Å². The molecule has 1 heterocycles. The third-order valence-corrected chi connectivity index (χ3v) is 3.85. The average Bonchev–Trinajstić information content (AvgIpc) is 2.67. The number of hydrogen-bond acceptors (Lipinski definition) is 2. The lowest BCUT2D eigenvalue weighted by atomic mass is 9.99. The maximum absolute atomic E-state index is 6.12. The van der Waals surface area contributed by atoms with Crippen LogP contribution in [0.15, 0.2) is 30.3 Å². The Hall–Kier alpha value is -1.28. The lowest BCUT2D eigenvalue weighted by Gasteiger charge is -2.09. The van der Waals surface area contributed by atoms with Crippen molar-refractivity contribution in [1.29, 1.82) is 0 Å². The number of nitrogens with two attached hydrogens (primary N) is 1. The lowest BCUT2D eigenvalue weighted by Crippen LogP contribution is -1.99. The largest absolute Gasteiger partial charge is 0.398 e. The molecule has 17 heavy (non-hydrogen) atoms.